The second-order valence-corrected chi connectivity index (χ2v) is 5.67. The molecule has 0 radical (unpaired) electrons. The molecule has 1 unspecified atom stereocenters. The van der Waals surface area contributed by atoms with Gasteiger partial charge in [0.2, 0.25) is 0 Å². The zero-order valence-corrected chi connectivity index (χ0v) is 11.7. The minimum Gasteiger partial charge on any atom is -0.469 e. The number of hydrogen-bond acceptors (Lipinski definition) is 2. The zero-order valence-electron chi connectivity index (χ0n) is 10.2. The highest BCUT2D eigenvalue weighted by Crippen LogP contribution is 2.30. The molecule has 3 heteroatoms. The van der Waals surface area contributed by atoms with Gasteiger partial charge in [-0.2, -0.15) is 0 Å². The Bertz CT molecular complexity index is 535. The molecule has 1 heterocycles. The fourth-order valence-electron chi connectivity index (χ4n) is 2.59. The first-order chi connectivity index (χ1) is 8.83. The number of aryl methyl sites for hydroxylation is 1. The smallest absolute Gasteiger partial charge is 0.108 e. The van der Waals surface area contributed by atoms with E-state index < -0.39 is 0 Å². The van der Waals surface area contributed by atoms with Crippen LogP contribution in [-0.4, -0.2) is 0 Å². The molecule has 1 atom stereocenters. The average Bonchev–Trinajstić information content (AvgIpc) is 2.85. The van der Waals surface area contributed by atoms with E-state index in [1.54, 1.807) is 0 Å². The summed E-state index contributed by atoms with van der Waals surface area (Å²) in [6.45, 7) is 0.898. The lowest BCUT2D eigenvalue weighted by Crippen LogP contribution is -2.23. The Morgan fingerprint density at radius 2 is 2.28 bits per heavy atom. The maximum atomic E-state index is 5.51. The van der Waals surface area contributed by atoms with Gasteiger partial charge in [-0.1, -0.05) is 28.1 Å². The summed E-state index contributed by atoms with van der Waals surface area (Å²) in [5.74, 6) is 1.16. The first-order valence-corrected chi connectivity index (χ1v) is 7.16. The third-order valence-corrected chi connectivity index (χ3v) is 3.99. The number of rotatable bonds is 3. The molecule has 1 N–H and O–H groups in total. The maximum absolute atomic E-state index is 5.51. The predicted octanol–water partition coefficient (Wildman–Crippen LogP) is 4.21. The van der Waals surface area contributed by atoms with Crippen LogP contribution in [0.4, 0.5) is 0 Å². The molecule has 0 aliphatic heterocycles. The van der Waals surface area contributed by atoms with Gasteiger partial charge in [0.25, 0.3) is 0 Å². The van der Waals surface area contributed by atoms with Crippen molar-refractivity contribution in [2.75, 3.05) is 0 Å². The van der Waals surface area contributed by atoms with Crippen LogP contribution in [0.1, 0.15) is 35.8 Å². The second-order valence-electron chi connectivity index (χ2n) is 4.75. The highest BCUT2D eigenvalue weighted by molar-refractivity contribution is 9.10. The molecule has 0 bridgehead atoms. The van der Waals surface area contributed by atoms with E-state index >= 15 is 0 Å². The summed E-state index contributed by atoms with van der Waals surface area (Å²) >= 11 is 3.50. The van der Waals surface area contributed by atoms with E-state index in [4.69, 9.17) is 4.42 Å². The summed E-state index contributed by atoms with van der Waals surface area (Å²) in [5.41, 5.74) is 2.65. The summed E-state index contributed by atoms with van der Waals surface area (Å²) < 4.78 is 6.64. The molecular formula is C15H16BrNO. The highest BCUT2D eigenvalue weighted by atomic mass is 79.9. The normalized spacial score (nSPS) is 18.6. The first kappa shape index (κ1) is 12.0. The molecule has 94 valence electrons. The van der Waals surface area contributed by atoms with E-state index in [1.165, 1.54) is 24.0 Å². The Morgan fingerprint density at radius 3 is 3.17 bits per heavy atom. The molecular weight excluding hydrogens is 290 g/mol. The molecule has 2 aromatic rings. The van der Waals surface area contributed by atoms with Gasteiger partial charge in [0.05, 0.1) is 6.26 Å². The molecule has 0 spiro atoms. The van der Waals surface area contributed by atoms with E-state index in [0.717, 1.165) is 23.2 Å². The van der Waals surface area contributed by atoms with Crippen molar-refractivity contribution in [2.45, 2.75) is 31.8 Å². The lowest BCUT2D eigenvalue weighted by molar-refractivity contribution is 0.411. The SMILES string of the molecule is Brc1cccc(CNC2CCCc3occc32)c1. The third kappa shape index (κ3) is 2.52. The largest absolute Gasteiger partial charge is 0.469 e. The van der Waals surface area contributed by atoms with Gasteiger partial charge in [-0.3, -0.25) is 0 Å². The van der Waals surface area contributed by atoms with Crippen molar-refractivity contribution >= 4 is 15.9 Å². The molecule has 0 fully saturated rings. The number of benzene rings is 1. The third-order valence-electron chi connectivity index (χ3n) is 3.49. The van der Waals surface area contributed by atoms with Crippen molar-refractivity contribution in [2.24, 2.45) is 0 Å². The summed E-state index contributed by atoms with van der Waals surface area (Å²) in [7, 11) is 0. The topological polar surface area (TPSA) is 25.2 Å². The van der Waals surface area contributed by atoms with Gasteiger partial charge in [0.1, 0.15) is 5.76 Å². The zero-order chi connectivity index (χ0) is 12.4. The number of furan rings is 1. The predicted molar refractivity (Wildman–Crippen MR) is 75.4 cm³/mol. The van der Waals surface area contributed by atoms with Crippen molar-refractivity contribution in [3.05, 3.63) is 58.0 Å². The molecule has 18 heavy (non-hydrogen) atoms. The number of fused-ring (bicyclic) bond motifs is 1. The molecule has 1 aromatic carbocycles. The van der Waals surface area contributed by atoms with Gasteiger partial charge in [-0.05, 0) is 36.6 Å². The van der Waals surface area contributed by atoms with E-state index in [1.807, 2.05) is 6.26 Å². The van der Waals surface area contributed by atoms with Crippen LogP contribution in [0, 0.1) is 0 Å². The fourth-order valence-corrected chi connectivity index (χ4v) is 3.03. The molecule has 3 rings (SSSR count). The summed E-state index contributed by atoms with van der Waals surface area (Å²) in [6, 6.07) is 11.0. The summed E-state index contributed by atoms with van der Waals surface area (Å²) in [4.78, 5) is 0. The summed E-state index contributed by atoms with van der Waals surface area (Å²) in [5, 5.41) is 3.63. The fraction of sp³-hybridized carbons (Fsp3) is 0.333. The standard InChI is InChI=1S/C15H16BrNO/c16-12-4-1-3-11(9-12)10-17-14-5-2-6-15-13(14)7-8-18-15/h1,3-4,7-9,14,17H,2,5-6,10H2. The van der Waals surface area contributed by atoms with Crippen LogP contribution in [0.25, 0.3) is 0 Å². The van der Waals surface area contributed by atoms with E-state index in [0.29, 0.717) is 6.04 Å². The van der Waals surface area contributed by atoms with Crippen LogP contribution in [0.3, 0.4) is 0 Å². The Morgan fingerprint density at radius 1 is 1.33 bits per heavy atom. The molecule has 1 aromatic heterocycles. The van der Waals surface area contributed by atoms with E-state index in [2.05, 4.69) is 51.6 Å². The van der Waals surface area contributed by atoms with Crippen LogP contribution in [-0.2, 0) is 13.0 Å². The average molecular weight is 306 g/mol. The maximum Gasteiger partial charge on any atom is 0.108 e. The van der Waals surface area contributed by atoms with Crippen molar-refractivity contribution in [3.63, 3.8) is 0 Å². The number of hydrogen-bond donors (Lipinski definition) is 1. The molecule has 1 aliphatic rings. The minimum absolute atomic E-state index is 0.437. The highest BCUT2D eigenvalue weighted by Gasteiger charge is 2.21. The van der Waals surface area contributed by atoms with E-state index in [9.17, 15) is 0 Å². The molecule has 0 amide bonds. The molecule has 0 saturated carbocycles. The monoisotopic (exact) mass is 305 g/mol. The molecule has 1 aliphatic carbocycles. The first-order valence-electron chi connectivity index (χ1n) is 6.37. The van der Waals surface area contributed by atoms with Gasteiger partial charge < -0.3 is 9.73 Å². The Labute approximate surface area is 116 Å². The second kappa shape index (κ2) is 5.29. The van der Waals surface area contributed by atoms with Crippen LogP contribution < -0.4 is 5.32 Å². The summed E-state index contributed by atoms with van der Waals surface area (Å²) in [6.07, 6.45) is 5.29. The number of halogens is 1. The minimum atomic E-state index is 0.437. The van der Waals surface area contributed by atoms with Gasteiger partial charge in [0, 0.05) is 29.0 Å². The van der Waals surface area contributed by atoms with Crippen molar-refractivity contribution in [1.82, 2.24) is 5.32 Å². The van der Waals surface area contributed by atoms with E-state index in [-0.39, 0.29) is 0 Å². The molecule has 2 nitrogen and oxygen atoms in total. The Balaban J connectivity index is 1.68. The Hall–Kier alpha value is -1.06. The van der Waals surface area contributed by atoms with Crippen LogP contribution in [0.15, 0.2) is 45.5 Å². The van der Waals surface area contributed by atoms with Gasteiger partial charge >= 0.3 is 0 Å². The van der Waals surface area contributed by atoms with Gasteiger partial charge in [-0.15, -0.1) is 0 Å². The number of nitrogens with one attached hydrogen (secondary N) is 1. The van der Waals surface area contributed by atoms with Crippen LogP contribution >= 0.6 is 15.9 Å². The van der Waals surface area contributed by atoms with Crippen molar-refractivity contribution < 1.29 is 4.42 Å². The lowest BCUT2D eigenvalue weighted by atomic mass is 9.93. The quantitative estimate of drug-likeness (QED) is 0.919. The Kier molecular flexibility index (Phi) is 3.52. The van der Waals surface area contributed by atoms with Crippen LogP contribution in [0.2, 0.25) is 0 Å². The van der Waals surface area contributed by atoms with Gasteiger partial charge in [0.15, 0.2) is 0 Å². The van der Waals surface area contributed by atoms with Crippen molar-refractivity contribution in [3.8, 4) is 0 Å². The molecule has 0 saturated heterocycles. The van der Waals surface area contributed by atoms with Gasteiger partial charge in [-0.25, -0.2) is 0 Å². The lowest BCUT2D eigenvalue weighted by Gasteiger charge is -2.22. The van der Waals surface area contributed by atoms with Crippen molar-refractivity contribution in [1.29, 1.82) is 0 Å². The van der Waals surface area contributed by atoms with Crippen LogP contribution in [0.5, 0.6) is 0 Å².